The van der Waals surface area contributed by atoms with E-state index in [0.29, 0.717) is 0 Å². The Bertz CT molecular complexity index is 705. The Morgan fingerprint density at radius 1 is 1.35 bits per heavy atom. The Morgan fingerprint density at radius 3 is 3.00 bits per heavy atom. The minimum Gasteiger partial charge on any atom is -0.310 e. The van der Waals surface area contributed by atoms with E-state index >= 15 is 0 Å². The second-order valence-corrected chi connectivity index (χ2v) is 7.34. The first-order chi connectivity index (χ1) is 9.76. The van der Waals surface area contributed by atoms with E-state index < -0.39 is 0 Å². The minimum atomic E-state index is 0.286. The van der Waals surface area contributed by atoms with Gasteiger partial charge in [-0.05, 0) is 41.8 Å². The summed E-state index contributed by atoms with van der Waals surface area (Å²) >= 11 is 9.41. The summed E-state index contributed by atoms with van der Waals surface area (Å²) in [5.74, 6) is 0. The number of rotatable bonds is 5. The molecule has 3 aromatic heterocycles. The summed E-state index contributed by atoms with van der Waals surface area (Å²) < 4.78 is 2.09. The van der Waals surface area contributed by atoms with Crippen LogP contribution in [0.25, 0.3) is 10.2 Å². The van der Waals surface area contributed by atoms with Gasteiger partial charge in [0.15, 0.2) is 0 Å². The number of pyridine rings is 1. The molecule has 0 aliphatic rings. The maximum atomic E-state index is 6.02. The zero-order valence-corrected chi connectivity index (χ0v) is 13.5. The number of thiophene rings is 2. The Hall–Kier alpha value is -0.940. The fourth-order valence-corrected chi connectivity index (χ4v) is 4.19. The molecule has 5 heteroatoms. The molecule has 1 N–H and O–H groups in total. The zero-order valence-electron chi connectivity index (χ0n) is 11.1. The highest BCUT2D eigenvalue weighted by atomic mass is 35.5. The van der Waals surface area contributed by atoms with Gasteiger partial charge < -0.3 is 5.32 Å². The first-order valence-corrected chi connectivity index (χ1v) is 8.64. The van der Waals surface area contributed by atoms with Gasteiger partial charge in [-0.2, -0.15) is 0 Å². The fourth-order valence-electron chi connectivity index (χ4n) is 2.27. The van der Waals surface area contributed by atoms with Gasteiger partial charge in [0, 0.05) is 23.5 Å². The summed E-state index contributed by atoms with van der Waals surface area (Å²) in [5, 5.41) is 5.63. The molecule has 2 nitrogen and oxygen atoms in total. The Morgan fingerprint density at radius 2 is 2.25 bits per heavy atom. The van der Waals surface area contributed by atoms with Gasteiger partial charge in [0.05, 0.1) is 14.6 Å². The molecule has 0 saturated heterocycles. The van der Waals surface area contributed by atoms with Gasteiger partial charge in [-0.15, -0.1) is 22.7 Å². The number of likely N-dealkylation sites (N-methyl/N-ethyl adjacent to an activating group) is 1. The van der Waals surface area contributed by atoms with Crippen LogP contribution in [0, 0.1) is 0 Å². The quantitative estimate of drug-likeness (QED) is 0.722. The van der Waals surface area contributed by atoms with E-state index in [1.54, 1.807) is 22.7 Å². The molecule has 0 amide bonds. The van der Waals surface area contributed by atoms with Crippen LogP contribution in [0.3, 0.4) is 0 Å². The highest BCUT2D eigenvalue weighted by Gasteiger charge is 2.14. The third kappa shape index (κ3) is 3.04. The Labute approximate surface area is 131 Å². The van der Waals surface area contributed by atoms with E-state index in [1.807, 2.05) is 12.3 Å². The molecule has 0 aliphatic heterocycles. The second kappa shape index (κ2) is 6.22. The SMILES string of the molecule is CCNC(Cc1ccc(Cl)s1)c1cnc2ccsc2c1. The van der Waals surface area contributed by atoms with Crippen LogP contribution in [-0.4, -0.2) is 11.5 Å². The molecular weight excluding hydrogens is 308 g/mol. The van der Waals surface area contributed by atoms with Crippen molar-refractivity contribution in [1.82, 2.24) is 10.3 Å². The number of nitrogens with one attached hydrogen (secondary N) is 1. The zero-order chi connectivity index (χ0) is 13.9. The van der Waals surface area contributed by atoms with Crippen LogP contribution >= 0.6 is 34.3 Å². The largest absolute Gasteiger partial charge is 0.310 e. The third-order valence-electron chi connectivity index (χ3n) is 3.21. The molecule has 0 fully saturated rings. The van der Waals surface area contributed by atoms with Gasteiger partial charge >= 0.3 is 0 Å². The Kier molecular flexibility index (Phi) is 4.36. The van der Waals surface area contributed by atoms with Gasteiger partial charge in [-0.1, -0.05) is 18.5 Å². The molecule has 20 heavy (non-hydrogen) atoms. The summed E-state index contributed by atoms with van der Waals surface area (Å²) in [4.78, 5) is 5.84. The summed E-state index contributed by atoms with van der Waals surface area (Å²) in [5.41, 5.74) is 2.32. The van der Waals surface area contributed by atoms with Crippen LogP contribution in [0.5, 0.6) is 0 Å². The van der Waals surface area contributed by atoms with Crippen molar-refractivity contribution in [3.63, 3.8) is 0 Å². The van der Waals surface area contributed by atoms with Crippen molar-refractivity contribution in [2.45, 2.75) is 19.4 Å². The van der Waals surface area contributed by atoms with Crippen molar-refractivity contribution in [2.24, 2.45) is 0 Å². The number of nitrogens with zero attached hydrogens (tertiary/aromatic N) is 1. The summed E-state index contributed by atoms with van der Waals surface area (Å²) in [6.07, 6.45) is 2.93. The van der Waals surface area contributed by atoms with Gasteiger partial charge in [0.1, 0.15) is 0 Å². The van der Waals surface area contributed by atoms with Gasteiger partial charge in [-0.3, -0.25) is 4.98 Å². The summed E-state index contributed by atoms with van der Waals surface area (Å²) in [6.45, 7) is 3.07. The van der Waals surface area contributed by atoms with Crippen LogP contribution in [-0.2, 0) is 6.42 Å². The molecule has 0 aliphatic carbocycles. The van der Waals surface area contributed by atoms with Crippen LogP contribution in [0.15, 0.2) is 35.8 Å². The number of hydrogen-bond donors (Lipinski definition) is 1. The van der Waals surface area contributed by atoms with E-state index in [-0.39, 0.29) is 6.04 Å². The molecule has 0 saturated carbocycles. The molecule has 1 atom stereocenters. The molecule has 0 radical (unpaired) electrons. The van der Waals surface area contributed by atoms with Gasteiger partial charge in [-0.25, -0.2) is 0 Å². The summed E-state index contributed by atoms with van der Waals surface area (Å²) in [7, 11) is 0. The lowest BCUT2D eigenvalue weighted by Crippen LogP contribution is -2.22. The van der Waals surface area contributed by atoms with E-state index in [1.165, 1.54) is 15.1 Å². The van der Waals surface area contributed by atoms with Crippen molar-refractivity contribution in [3.8, 4) is 0 Å². The van der Waals surface area contributed by atoms with E-state index in [9.17, 15) is 0 Å². The minimum absolute atomic E-state index is 0.286. The molecular formula is C15H15ClN2S2. The van der Waals surface area contributed by atoms with Crippen LogP contribution in [0.1, 0.15) is 23.4 Å². The normalized spacial score (nSPS) is 12.9. The molecule has 0 spiro atoms. The van der Waals surface area contributed by atoms with Crippen molar-refractivity contribution in [1.29, 1.82) is 0 Å². The predicted octanol–water partition coefficient (Wildman–Crippen LogP) is 4.90. The smallest absolute Gasteiger partial charge is 0.0931 e. The highest BCUT2D eigenvalue weighted by molar-refractivity contribution is 7.17. The van der Waals surface area contributed by atoms with E-state index in [0.717, 1.165) is 22.8 Å². The van der Waals surface area contributed by atoms with Crippen LogP contribution < -0.4 is 5.32 Å². The molecule has 1 unspecified atom stereocenters. The molecule has 3 aromatic rings. The second-order valence-electron chi connectivity index (χ2n) is 4.59. The number of aromatic nitrogens is 1. The first kappa shape index (κ1) is 14.0. The highest BCUT2D eigenvalue weighted by Crippen LogP contribution is 2.28. The van der Waals surface area contributed by atoms with Crippen molar-refractivity contribution in [2.75, 3.05) is 6.54 Å². The molecule has 0 aromatic carbocycles. The fraction of sp³-hybridized carbons (Fsp3) is 0.267. The topological polar surface area (TPSA) is 24.9 Å². The Balaban J connectivity index is 1.88. The summed E-state index contributed by atoms with van der Waals surface area (Å²) in [6, 6.07) is 8.66. The predicted molar refractivity (Wildman–Crippen MR) is 89.1 cm³/mol. The lowest BCUT2D eigenvalue weighted by atomic mass is 10.0. The molecule has 3 heterocycles. The maximum Gasteiger partial charge on any atom is 0.0931 e. The molecule has 0 bridgehead atoms. The maximum absolute atomic E-state index is 6.02. The number of halogens is 1. The average molecular weight is 323 g/mol. The average Bonchev–Trinajstić information content (AvgIpc) is 3.06. The standard InChI is InChI=1S/C15H15ClN2S2/c1-2-17-13(8-11-3-4-15(16)20-11)10-7-14-12(18-9-10)5-6-19-14/h3-7,9,13,17H,2,8H2,1H3. The number of hydrogen-bond acceptors (Lipinski definition) is 4. The van der Waals surface area contributed by atoms with Crippen LogP contribution in [0.4, 0.5) is 0 Å². The van der Waals surface area contributed by atoms with Crippen molar-refractivity contribution in [3.05, 3.63) is 50.6 Å². The third-order valence-corrected chi connectivity index (χ3v) is 5.32. The number of fused-ring (bicyclic) bond motifs is 1. The van der Waals surface area contributed by atoms with Gasteiger partial charge in [0.25, 0.3) is 0 Å². The lowest BCUT2D eigenvalue weighted by Gasteiger charge is -2.17. The first-order valence-electron chi connectivity index (χ1n) is 6.57. The van der Waals surface area contributed by atoms with Crippen molar-refractivity contribution >= 4 is 44.5 Å². The van der Waals surface area contributed by atoms with Gasteiger partial charge in [0.2, 0.25) is 0 Å². The van der Waals surface area contributed by atoms with Crippen molar-refractivity contribution < 1.29 is 0 Å². The van der Waals surface area contributed by atoms with E-state index in [2.05, 4.69) is 40.8 Å². The molecule has 3 rings (SSSR count). The van der Waals surface area contributed by atoms with Crippen LogP contribution in [0.2, 0.25) is 4.34 Å². The monoisotopic (exact) mass is 322 g/mol. The van der Waals surface area contributed by atoms with E-state index in [4.69, 9.17) is 11.6 Å². The molecule has 104 valence electrons. The lowest BCUT2D eigenvalue weighted by molar-refractivity contribution is 0.552.